The first-order chi connectivity index (χ1) is 9.81. The van der Waals surface area contributed by atoms with Gasteiger partial charge in [0, 0.05) is 25.2 Å². The largest absolute Gasteiger partial charge is 0.356 e. The molecule has 0 bridgehead atoms. The monoisotopic (exact) mass is 332 g/mol. The molecule has 21 heavy (non-hydrogen) atoms. The summed E-state index contributed by atoms with van der Waals surface area (Å²) in [6, 6.07) is 0. The molecule has 6 nitrogen and oxygen atoms in total. The molecule has 0 saturated carbocycles. The smallest absolute Gasteiger partial charge is 0.191 e. The lowest BCUT2D eigenvalue weighted by Crippen LogP contribution is -2.37. The van der Waals surface area contributed by atoms with E-state index in [4.69, 9.17) is 0 Å². The van der Waals surface area contributed by atoms with Crippen LogP contribution in [0.1, 0.15) is 36.9 Å². The molecule has 1 rings (SSSR count). The van der Waals surface area contributed by atoms with Crippen LogP contribution >= 0.6 is 11.3 Å². The van der Waals surface area contributed by atoms with Crippen LogP contribution in [0.25, 0.3) is 0 Å². The Balaban J connectivity index is 2.34. The molecule has 1 heterocycles. The van der Waals surface area contributed by atoms with Crippen molar-refractivity contribution in [3.05, 3.63) is 16.1 Å². The van der Waals surface area contributed by atoms with Crippen LogP contribution in [-0.4, -0.2) is 45.0 Å². The fourth-order valence-corrected chi connectivity index (χ4v) is 3.16. The summed E-state index contributed by atoms with van der Waals surface area (Å²) in [6.07, 6.45) is 1.81. The number of aromatic nitrogens is 1. The van der Waals surface area contributed by atoms with E-state index in [1.807, 2.05) is 0 Å². The van der Waals surface area contributed by atoms with E-state index < -0.39 is 9.84 Å². The van der Waals surface area contributed by atoms with Crippen LogP contribution in [0.15, 0.2) is 10.4 Å². The molecule has 1 aromatic heterocycles. The van der Waals surface area contributed by atoms with E-state index in [9.17, 15) is 8.42 Å². The molecule has 2 N–H and O–H groups in total. The second kappa shape index (κ2) is 8.33. The molecule has 8 heteroatoms. The van der Waals surface area contributed by atoms with Gasteiger partial charge >= 0.3 is 0 Å². The van der Waals surface area contributed by atoms with Crippen LogP contribution in [0.5, 0.6) is 0 Å². The summed E-state index contributed by atoms with van der Waals surface area (Å²) in [5.41, 5.74) is 1.10. The first-order valence-electron chi connectivity index (χ1n) is 6.88. The Bertz CT molecular complexity index is 564. The van der Waals surface area contributed by atoms with Gasteiger partial charge in [0.25, 0.3) is 0 Å². The Kier molecular flexibility index (Phi) is 7.10. The van der Waals surface area contributed by atoms with Gasteiger partial charge in [-0.25, -0.2) is 13.4 Å². The molecule has 0 spiro atoms. The fraction of sp³-hybridized carbons (Fsp3) is 0.692. The van der Waals surface area contributed by atoms with E-state index in [2.05, 4.69) is 39.8 Å². The summed E-state index contributed by atoms with van der Waals surface area (Å²) in [5.74, 6) is 1.27. The number of sulfone groups is 1. The highest BCUT2D eigenvalue weighted by Crippen LogP contribution is 2.17. The molecule has 0 atom stereocenters. The highest BCUT2D eigenvalue weighted by molar-refractivity contribution is 7.90. The normalized spacial score (nSPS) is 12.7. The van der Waals surface area contributed by atoms with Crippen molar-refractivity contribution >= 4 is 27.1 Å². The molecule has 0 aliphatic heterocycles. The third kappa shape index (κ3) is 7.42. The summed E-state index contributed by atoms with van der Waals surface area (Å²) >= 11 is 1.63. The topological polar surface area (TPSA) is 83.5 Å². The van der Waals surface area contributed by atoms with Gasteiger partial charge < -0.3 is 10.6 Å². The van der Waals surface area contributed by atoms with Crippen molar-refractivity contribution in [3.8, 4) is 0 Å². The van der Waals surface area contributed by atoms with Gasteiger partial charge in [-0.3, -0.25) is 4.99 Å². The Labute approximate surface area is 131 Å². The van der Waals surface area contributed by atoms with Crippen LogP contribution in [0.2, 0.25) is 0 Å². The third-order valence-corrected chi connectivity index (χ3v) is 4.67. The number of rotatable bonds is 7. The maximum atomic E-state index is 11.0. The average Bonchev–Trinajstić information content (AvgIpc) is 2.85. The molecule has 1 aromatic rings. The Morgan fingerprint density at radius 1 is 1.43 bits per heavy atom. The number of nitrogens with one attached hydrogen (secondary N) is 2. The summed E-state index contributed by atoms with van der Waals surface area (Å²) < 4.78 is 22.1. The summed E-state index contributed by atoms with van der Waals surface area (Å²) in [5, 5.41) is 9.35. The van der Waals surface area contributed by atoms with Gasteiger partial charge in [-0.1, -0.05) is 13.8 Å². The van der Waals surface area contributed by atoms with Gasteiger partial charge in [-0.2, -0.15) is 0 Å². The maximum Gasteiger partial charge on any atom is 0.191 e. The van der Waals surface area contributed by atoms with Crippen molar-refractivity contribution in [2.24, 2.45) is 4.99 Å². The van der Waals surface area contributed by atoms with Gasteiger partial charge in [0.1, 0.15) is 14.8 Å². The van der Waals surface area contributed by atoms with Crippen molar-refractivity contribution < 1.29 is 8.42 Å². The maximum absolute atomic E-state index is 11.0. The number of nitrogens with zero attached hydrogens (tertiary/aromatic N) is 2. The predicted octanol–water partition coefficient (Wildman–Crippen LogP) is 1.37. The second-order valence-corrected chi connectivity index (χ2v) is 8.36. The van der Waals surface area contributed by atoms with Crippen LogP contribution in [-0.2, 0) is 16.4 Å². The summed E-state index contributed by atoms with van der Waals surface area (Å²) in [4.78, 5) is 8.64. The second-order valence-electron chi connectivity index (χ2n) is 5.16. The molecular weight excluding hydrogens is 308 g/mol. The standard InChI is InChI=1S/C13H24N4O2S2/c1-10(2)11-9-20-12(17-11)8-16-13(14-3)15-6-5-7-21(4,18)19/h9-10H,5-8H2,1-4H3,(H2,14,15,16). The van der Waals surface area contributed by atoms with Gasteiger partial charge in [0.2, 0.25) is 0 Å². The van der Waals surface area contributed by atoms with Crippen LogP contribution < -0.4 is 10.6 Å². The van der Waals surface area contributed by atoms with Crippen molar-refractivity contribution in [2.75, 3.05) is 25.6 Å². The zero-order chi connectivity index (χ0) is 15.9. The lowest BCUT2D eigenvalue weighted by molar-refractivity contribution is 0.598. The van der Waals surface area contributed by atoms with E-state index >= 15 is 0 Å². The molecule has 0 amide bonds. The van der Waals surface area contributed by atoms with Crippen LogP contribution in [0.3, 0.4) is 0 Å². The van der Waals surface area contributed by atoms with Gasteiger partial charge in [-0.15, -0.1) is 11.3 Å². The molecule has 0 radical (unpaired) electrons. The quantitative estimate of drug-likeness (QED) is 0.447. The average molecular weight is 332 g/mol. The number of hydrogen-bond donors (Lipinski definition) is 2. The first-order valence-corrected chi connectivity index (χ1v) is 9.82. The SMILES string of the molecule is CN=C(NCCCS(C)(=O)=O)NCc1nc(C(C)C)cs1. The number of hydrogen-bond acceptors (Lipinski definition) is 5. The van der Waals surface area contributed by atoms with E-state index in [0.29, 0.717) is 31.4 Å². The van der Waals surface area contributed by atoms with Crippen LogP contribution in [0.4, 0.5) is 0 Å². The van der Waals surface area contributed by atoms with Crippen LogP contribution in [0, 0.1) is 0 Å². The highest BCUT2D eigenvalue weighted by atomic mass is 32.2. The van der Waals surface area contributed by atoms with Gasteiger partial charge in [-0.05, 0) is 12.3 Å². The van der Waals surface area contributed by atoms with Crippen molar-refractivity contribution in [1.29, 1.82) is 0 Å². The Hall–Kier alpha value is -1.15. The molecule has 0 saturated heterocycles. The van der Waals surface area contributed by atoms with E-state index in [-0.39, 0.29) is 5.75 Å². The fourth-order valence-electron chi connectivity index (χ4n) is 1.59. The summed E-state index contributed by atoms with van der Waals surface area (Å²) in [7, 11) is -1.21. The number of thiazole rings is 1. The minimum Gasteiger partial charge on any atom is -0.356 e. The lowest BCUT2D eigenvalue weighted by atomic mass is 10.2. The van der Waals surface area contributed by atoms with Crippen molar-refractivity contribution in [3.63, 3.8) is 0 Å². The zero-order valence-electron chi connectivity index (χ0n) is 13.0. The predicted molar refractivity (Wildman–Crippen MR) is 88.7 cm³/mol. The van der Waals surface area contributed by atoms with E-state index in [0.717, 1.165) is 10.7 Å². The van der Waals surface area contributed by atoms with E-state index in [1.54, 1.807) is 18.4 Å². The molecule has 120 valence electrons. The number of aliphatic imine (C=N–C) groups is 1. The zero-order valence-corrected chi connectivity index (χ0v) is 14.6. The minimum absolute atomic E-state index is 0.182. The first kappa shape index (κ1) is 17.9. The Morgan fingerprint density at radius 3 is 2.67 bits per heavy atom. The molecule has 0 aliphatic carbocycles. The third-order valence-electron chi connectivity index (χ3n) is 2.78. The van der Waals surface area contributed by atoms with Gasteiger partial charge in [0.15, 0.2) is 5.96 Å². The minimum atomic E-state index is -2.90. The van der Waals surface area contributed by atoms with Crippen molar-refractivity contribution in [2.45, 2.75) is 32.7 Å². The summed E-state index contributed by atoms with van der Waals surface area (Å²) in [6.45, 7) is 5.42. The lowest BCUT2D eigenvalue weighted by Gasteiger charge is -2.10. The molecule has 0 unspecified atom stereocenters. The van der Waals surface area contributed by atoms with Crippen molar-refractivity contribution in [1.82, 2.24) is 15.6 Å². The van der Waals surface area contributed by atoms with Gasteiger partial charge in [0.05, 0.1) is 18.0 Å². The molecular formula is C13H24N4O2S2. The number of guanidine groups is 1. The highest BCUT2D eigenvalue weighted by Gasteiger charge is 2.06. The Morgan fingerprint density at radius 2 is 2.14 bits per heavy atom. The molecule has 0 aliphatic rings. The molecule has 0 fully saturated rings. The molecule has 0 aromatic carbocycles. The van der Waals surface area contributed by atoms with E-state index in [1.165, 1.54) is 6.26 Å².